The minimum Gasteiger partial charge on any atom is -0.334 e. The number of benzene rings is 1. The maximum absolute atomic E-state index is 13.2. The average Bonchev–Trinajstić information content (AvgIpc) is 3.20. The Labute approximate surface area is 166 Å². The fourth-order valence-electron chi connectivity index (χ4n) is 4.02. The molecule has 1 aliphatic carbocycles. The van der Waals surface area contributed by atoms with Crippen molar-refractivity contribution in [3.05, 3.63) is 63.1 Å². The molecule has 1 aromatic carbocycles. The van der Waals surface area contributed by atoms with Crippen molar-refractivity contribution in [2.75, 3.05) is 5.32 Å². The molecule has 1 aliphatic rings. The number of nitrogens with one attached hydrogen (secondary N) is 1. The molecule has 4 aromatic rings. The molecule has 7 heteroatoms. The van der Waals surface area contributed by atoms with Crippen LogP contribution in [0.3, 0.4) is 0 Å². The van der Waals surface area contributed by atoms with E-state index in [1.807, 2.05) is 49.0 Å². The van der Waals surface area contributed by atoms with E-state index in [9.17, 15) is 4.79 Å². The van der Waals surface area contributed by atoms with Crippen molar-refractivity contribution in [1.82, 2.24) is 19.3 Å². The summed E-state index contributed by atoms with van der Waals surface area (Å²) < 4.78 is 3.56. The summed E-state index contributed by atoms with van der Waals surface area (Å²) >= 11 is 1.76. The lowest BCUT2D eigenvalue weighted by molar-refractivity contribution is 0.630. The Balaban J connectivity index is 1.65. The number of fused-ring (bicyclic) bond motifs is 3. The van der Waals surface area contributed by atoms with Crippen LogP contribution in [0.4, 0.5) is 11.5 Å². The number of hydrogen-bond acceptors (Lipinski definition) is 5. The molecule has 1 N–H and O–H groups in total. The Hall–Kier alpha value is -2.93. The third kappa shape index (κ3) is 2.57. The lowest BCUT2D eigenvalue weighted by Gasteiger charge is -2.12. The molecule has 5 rings (SSSR count). The van der Waals surface area contributed by atoms with Crippen LogP contribution in [0.25, 0.3) is 15.9 Å². The molecule has 0 saturated heterocycles. The molecule has 6 nitrogen and oxygen atoms in total. The van der Waals surface area contributed by atoms with Crippen LogP contribution in [-0.4, -0.2) is 19.3 Å². The number of thiophene rings is 1. The Bertz CT molecular complexity index is 1240. The highest BCUT2D eigenvalue weighted by molar-refractivity contribution is 7.19. The molecule has 3 heterocycles. The summed E-state index contributed by atoms with van der Waals surface area (Å²) in [6.07, 6.45) is 6.18. The van der Waals surface area contributed by atoms with E-state index in [1.165, 1.54) is 23.3 Å². The van der Waals surface area contributed by atoms with Gasteiger partial charge in [0.05, 0.1) is 16.8 Å². The largest absolute Gasteiger partial charge is 0.334 e. The van der Waals surface area contributed by atoms with Gasteiger partial charge in [-0.3, -0.25) is 9.48 Å². The number of rotatable bonds is 3. The number of para-hydroxylation sites is 1. The van der Waals surface area contributed by atoms with Crippen LogP contribution in [0, 0.1) is 6.92 Å². The first-order valence-electron chi connectivity index (χ1n) is 9.51. The molecule has 3 aromatic heterocycles. The van der Waals surface area contributed by atoms with Crippen LogP contribution in [0.15, 0.2) is 41.5 Å². The predicted octanol–water partition coefficient (Wildman–Crippen LogP) is 4.11. The molecule has 142 valence electrons. The standard InChI is InChI=1S/C21H21N5OS/c1-13-18(21(27)26(25(13)2)14-8-4-3-5-9-14)24-19-17-15-10-6-7-11-16(15)28-20(17)23-12-22-19/h3-5,8-9,12H,6-7,10-11H2,1-2H3,(H,22,23,24). The molecule has 0 radical (unpaired) electrons. The highest BCUT2D eigenvalue weighted by Gasteiger charge is 2.22. The van der Waals surface area contributed by atoms with E-state index in [-0.39, 0.29) is 5.56 Å². The number of aromatic nitrogens is 4. The second-order valence-corrected chi connectivity index (χ2v) is 8.26. The number of aryl methyl sites for hydroxylation is 2. The molecule has 0 amide bonds. The number of nitrogens with zero attached hydrogens (tertiary/aromatic N) is 4. The van der Waals surface area contributed by atoms with Crippen molar-refractivity contribution in [2.24, 2.45) is 7.05 Å². The van der Waals surface area contributed by atoms with Crippen molar-refractivity contribution in [3.8, 4) is 5.69 Å². The van der Waals surface area contributed by atoms with E-state index in [2.05, 4.69) is 15.3 Å². The monoisotopic (exact) mass is 391 g/mol. The predicted molar refractivity (Wildman–Crippen MR) is 113 cm³/mol. The average molecular weight is 392 g/mol. The Morgan fingerprint density at radius 3 is 2.71 bits per heavy atom. The smallest absolute Gasteiger partial charge is 0.295 e. The Kier molecular flexibility index (Phi) is 4.05. The zero-order chi connectivity index (χ0) is 19.3. The molecule has 0 saturated carbocycles. The minimum atomic E-state index is -0.0814. The minimum absolute atomic E-state index is 0.0814. The summed E-state index contributed by atoms with van der Waals surface area (Å²) in [5.74, 6) is 0.732. The van der Waals surface area contributed by atoms with Gasteiger partial charge < -0.3 is 5.32 Å². The second kappa shape index (κ2) is 6.60. The van der Waals surface area contributed by atoms with Crippen LogP contribution in [-0.2, 0) is 19.9 Å². The number of anilines is 2. The van der Waals surface area contributed by atoms with E-state index in [4.69, 9.17) is 0 Å². The molecule has 0 bridgehead atoms. The zero-order valence-corrected chi connectivity index (χ0v) is 16.7. The van der Waals surface area contributed by atoms with E-state index in [0.717, 1.165) is 40.3 Å². The molecule has 0 unspecified atom stereocenters. The van der Waals surface area contributed by atoms with Gasteiger partial charge in [0, 0.05) is 11.9 Å². The van der Waals surface area contributed by atoms with Gasteiger partial charge in [-0.2, -0.15) is 0 Å². The van der Waals surface area contributed by atoms with Crippen molar-refractivity contribution in [2.45, 2.75) is 32.6 Å². The fraction of sp³-hybridized carbons (Fsp3) is 0.286. The van der Waals surface area contributed by atoms with E-state index >= 15 is 0 Å². The van der Waals surface area contributed by atoms with Crippen molar-refractivity contribution in [3.63, 3.8) is 0 Å². The van der Waals surface area contributed by atoms with Gasteiger partial charge in [0.25, 0.3) is 5.56 Å². The van der Waals surface area contributed by atoms with Crippen molar-refractivity contribution < 1.29 is 0 Å². The normalized spacial score (nSPS) is 13.6. The van der Waals surface area contributed by atoms with Gasteiger partial charge in [-0.1, -0.05) is 18.2 Å². The van der Waals surface area contributed by atoms with Crippen LogP contribution in [0.5, 0.6) is 0 Å². The van der Waals surface area contributed by atoms with E-state index in [0.29, 0.717) is 5.69 Å². The summed E-state index contributed by atoms with van der Waals surface area (Å²) in [5, 5.41) is 4.43. The molecule has 28 heavy (non-hydrogen) atoms. The van der Waals surface area contributed by atoms with Crippen LogP contribution < -0.4 is 10.9 Å². The summed E-state index contributed by atoms with van der Waals surface area (Å²) in [6.45, 7) is 1.95. The fourth-order valence-corrected chi connectivity index (χ4v) is 5.24. The number of hydrogen-bond donors (Lipinski definition) is 1. The van der Waals surface area contributed by atoms with E-state index in [1.54, 1.807) is 22.3 Å². The molecule has 0 fully saturated rings. The second-order valence-electron chi connectivity index (χ2n) is 7.17. The molecule has 0 spiro atoms. The first-order valence-corrected chi connectivity index (χ1v) is 10.3. The van der Waals surface area contributed by atoms with Gasteiger partial charge in [-0.15, -0.1) is 11.3 Å². The summed E-state index contributed by atoms with van der Waals surface area (Å²) in [5.41, 5.74) is 3.53. The Morgan fingerprint density at radius 2 is 1.89 bits per heavy atom. The maximum atomic E-state index is 13.2. The first-order chi connectivity index (χ1) is 13.6. The third-order valence-corrected chi connectivity index (χ3v) is 6.75. The van der Waals surface area contributed by atoms with Crippen molar-refractivity contribution >= 4 is 33.1 Å². The quantitative estimate of drug-likeness (QED) is 0.571. The topological polar surface area (TPSA) is 64.7 Å². The van der Waals surface area contributed by atoms with Gasteiger partial charge in [-0.25, -0.2) is 14.6 Å². The van der Waals surface area contributed by atoms with Gasteiger partial charge in [0.2, 0.25) is 0 Å². The Morgan fingerprint density at radius 1 is 1.11 bits per heavy atom. The lowest BCUT2D eigenvalue weighted by atomic mass is 9.97. The summed E-state index contributed by atoms with van der Waals surface area (Å²) in [4.78, 5) is 24.6. The van der Waals surface area contributed by atoms with Gasteiger partial charge in [0.1, 0.15) is 22.7 Å². The van der Waals surface area contributed by atoms with Gasteiger partial charge in [0.15, 0.2) is 0 Å². The maximum Gasteiger partial charge on any atom is 0.295 e. The summed E-state index contributed by atoms with van der Waals surface area (Å²) in [7, 11) is 1.90. The zero-order valence-electron chi connectivity index (χ0n) is 15.9. The van der Waals surface area contributed by atoms with Crippen molar-refractivity contribution in [1.29, 1.82) is 0 Å². The summed E-state index contributed by atoms with van der Waals surface area (Å²) in [6, 6.07) is 9.68. The molecule has 0 atom stereocenters. The van der Waals surface area contributed by atoms with Crippen LogP contribution in [0.1, 0.15) is 29.0 Å². The lowest BCUT2D eigenvalue weighted by Crippen LogP contribution is -2.20. The van der Waals surface area contributed by atoms with Crippen LogP contribution in [0.2, 0.25) is 0 Å². The van der Waals surface area contributed by atoms with Gasteiger partial charge in [-0.05, 0) is 50.3 Å². The third-order valence-electron chi connectivity index (χ3n) is 5.55. The molecular formula is C21H21N5OS. The molecule has 0 aliphatic heterocycles. The highest BCUT2D eigenvalue weighted by atomic mass is 32.1. The van der Waals surface area contributed by atoms with E-state index < -0.39 is 0 Å². The van der Waals surface area contributed by atoms with Gasteiger partial charge >= 0.3 is 0 Å². The highest BCUT2D eigenvalue weighted by Crippen LogP contribution is 2.38. The first kappa shape index (κ1) is 17.2. The molecular weight excluding hydrogens is 370 g/mol. The van der Waals surface area contributed by atoms with Crippen LogP contribution >= 0.6 is 11.3 Å². The SMILES string of the molecule is Cc1c(Nc2ncnc3sc4c(c23)CCCC4)c(=O)n(-c2ccccc2)n1C.